The molecule has 0 aliphatic heterocycles. The van der Waals surface area contributed by atoms with Crippen LogP contribution in [0.4, 0.5) is 0 Å². The van der Waals surface area contributed by atoms with Gasteiger partial charge in [0.25, 0.3) is 0 Å². The molecule has 1 aliphatic rings. The van der Waals surface area contributed by atoms with E-state index in [1.807, 2.05) is 24.3 Å². The van der Waals surface area contributed by atoms with Crippen molar-refractivity contribution in [3.8, 4) is 0 Å². The molecule has 0 unspecified atom stereocenters. The number of nitrogens with zero attached hydrogens (tertiary/aromatic N) is 2. The molecule has 98 valence electrons. The van der Waals surface area contributed by atoms with Gasteiger partial charge in [0.1, 0.15) is 5.15 Å². The van der Waals surface area contributed by atoms with Crippen LogP contribution in [0, 0.1) is 0 Å². The van der Waals surface area contributed by atoms with Crippen LogP contribution in [0.5, 0.6) is 0 Å². The highest BCUT2D eigenvalue weighted by Gasteiger charge is 2.31. The zero-order valence-electron chi connectivity index (χ0n) is 10.1. The zero-order valence-corrected chi connectivity index (χ0v) is 11.7. The molecule has 1 aromatic heterocycles. The van der Waals surface area contributed by atoms with Crippen molar-refractivity contribution in [1.82, 2.24) is 9.78 Å². The topological polar surface area (TPSA) is 34.9 Å². The van der Waals surface area contributed by atoms with Crippen LogP contribution >= 0.6 is 23.2 Å². The highest BCUT2D eigenvalue weighted by molar-refractivity contribution is 6.32. The minimum atomic E-state index is 0.394. The van der Waals surface area contributed by atoms with Gasteiger partial charge in [-0.15, -0.1) is 0 Å². The average molecular weight is 295 g/mol. The molecule has 19 heavy (non-hydrogen) atoms. The van der Waals surface area contributed by atoms with E-state index in [0.29, 0.717) is 28.2 Å². The second-order valence-electron chi connectivity index (χ2n) is 4.73. The maximum absolute atomic E-state index is 11.1. The maximum Gasteiger partial charge on any atom is 0.155 e. The Morgan fingerprint density at radius 3 is 2.68 bits per heavy atom. The van der Waals surface area contributed by atoms with E-state index in [1.54, 1.807) is 4.68 Å². The highest BCUT2D eigenvalue weighted by atomic mass is 35.5. The number of hydrogen-bond donors (Lipinski definition) is 0. The first-order valence-electron chi connectivity index (χ1n) is 6.15. The Kier molecular flexibility index (Phi) is 3.33. The Morgan fingerprint density at radius 2 is 2.05 bits per heavy atom. The summed E-state index contributed by atoms with van der Waals surface area (Å²) in [4.78, 5) is 11.1. The van der Waals surface area contributed by atoms with Crippen molar-refractivity contribution in [2.45, 2.75) is 25.3 Å². The summed E-state index contributed by atoms with van der Waals surface area (Å²) in [5, 5.41) is 5.55. The highest BCUT2D eigenvalue weighted by Crippen LogP contribution is 2.42. The van der Waals surface area contributed by atoms with Crippen molar-refractivity contribution < 1.29 is 4.79 Å². The Bertz CT molecular complexity index is 632. The Balaban J connectivity index is 1.97. The number of benzene rings is 1. The van der Waals surface area contributed by atoms with Crippen LogP contribution < -0.4 is 0 Å². The van der Waals surface area contributed by atoms with Crippen molar-refractivity contribution in [3.63, 3.8) is 0 Å². The van der Waals surface area contributed by atoms with Crippen LogP contribution in [-0.2, 0) is 6.54 Å². The molecule has 3 nitrogen and oxygen atoms in total. The molecule has 3 rings (SSSR count). The second-order valence-corrected chi connectivity index (χ2v) is 5.50. The molecule has 1 fully saturated rings. The van der Waals surface area contributed by atoms with Crippen molar-refractivity contribution in [2.75, 3.05) is 0 Å². The second kappa shape index (κ2) is 4.99. The number of rotatable bonds is 4. The fraction of sp³-hybridized carbons (Fsp3) is 0.286. The predicted molar refractivity (Wildman–Crippen MR) is 75.2 cm³/mol. The van der Waals surface area contributed by atoms with Crippen LogP contribution in [-0.4, -0.2) is 16.1 Å². The molecule has 0 spiro atoms. The number of carbonyl (C=O) groups excluding carboxylic acids is 1. The lowest BCUT2D eigenvalue weighted by Gasteiger charge is -2.05. The molecule has 1 aromatic carbocycles. The lowest BCUT2D eigenvalue weighted by atomic mass is 10.2. The number of halogens is 2. The van der Waals surface area contributed by atoms with Gasteiger partial charge in [-0.2, -0.15) is 5.10 Å². The standard InChI is InChI=1S/C14H12Cl2N2O/c15-12-4-2-1-3-10(12)7-18-14(16)11(8-19)13(17-18)9-5-6-9/h1-4,8-9H,5-7H2. The van der Waals surface area contributed by atoms with Gasteiger partial charge in [0.2, 0.25) is 0 Å². The summed E-state index contributed by atoms with van der Waals surface area (Å²) in [7, 11) is 0. The van der Waals surface area contributed by atoms with Crippen molar-refractivity contribution in [3.05, 3.63) is 51.3 Å². The third kappa shape index (κ3) is 2.40. The molecule has 0 radical (unpaired) electrons. The van der Waals surface area contributed by atoms with Crippen LogP contribution in [0.3, 0.4) is 0 Å². The van der Waals surface area contributed by atoms with Gasteiger partial charge in [0, 0.05) is 10.9 Å². The fourth-order valence-corrected chi connectivity index (χ4v) is 2.57. The average Bonchev–Trinajstić information content (AvgIpc) is 3.19. The van der Waals surface area contributed by atoms with E-state index in [1.165, 1.54) is 0 Å². The minimum absolute atomic E-state index is 0.394. The van der Waals surface area contributed by atoms with E-state index in [4.69, 9.17) is 23.2 Å². The lowest BCUT2D eigenvalue weighted by Crippen LogP contribution is -2.03. The first kappa shape index (κ1) is 12.7. The van der Waals surface area contributed by atoms with Gasteiger partial charge in [-0.1, -0.05) is 41.4 Å². The Labute approximate surface area is 121 Å². The van der Waals surface area contributed by atoms with Gasteiger partial charge in [0.05, 0.1) is 17.8 Å². The molecule has 5 heteroatoms. The summed E-state index contributed by atoms with van der Waals surface area (Å²) in [6, 6.07) is 7.55. The maximum atomic E-state index is 11.1. The third-order valence-corrected chi connectivity index (χ3v) is 4.08. The van der Waals surface area contributed by atoms with E-state index in [9.17, 15) is 4.79 Å². The molecular weight excluding hydrogens is 283 g/mol. The molecule has 0 saturated heterocycles. The van der Waals surface area contributed by atoms with Gasteiger partial charge >= 0.3 is 0 Å². The zero-order chi connectivity index (χ0) is 13.4. The number of aromatic nitrogens is 2. The number of hydrogen-bond acceptors (Lipinski definition) is 2. The summed E-state index contributed by atoms with van der Waals surface area (Å²) >= 11 is 12.4. The minimum Gasteiger partial charge on any atom is -0.298 e. The van der Waals surface area contributed by atoms with Crippen LogP contribution in [0.25, 0.3) is 0 Å². The van der Waals surface area contributed by atoms with Crippen molar-refractivity contribution >= 4 is 29.5 Å². The quantitative estimate of drug-likeness (QED) is 0.801. The largest absolute Gasteiger partial charge is 0.298 e. The van der Waals surface area contributed by atoms with E-state index in [0.717, 1.165) is 30.4 Å². The SMILES string of the molecule is O=Cc1c(C2CC2)nn(Cc2ccccc2Cl)c1Cl. The van der Waals surface area contributed by atoms with E-state index in [2.05, 4.69) is 5.10 Å². The molecule has 0 atom stereocenters. The Morgan fingerprint density at radius 1 is 1.32 bits per heavy atom. The molecular formula is C14H12Cl2N2O. The van der Waals surface area contributed by atoms with Crippen molar-refractivity contribution in [2.24, 2.45) is 0 Å². The molecule has 0 amide bonds. The summed E-state index contributed by atoms with van der Waals surface area (Å²) in [5.41, 5.74) is 2.29. The van der Waals surface area contributed by atoms with E-state index < -0.39 is 0 Å². The smallest absolute Gasteiger partial charge is 0.155 e. The van der Waals surface area contributed by atoms with E-state index >= 15 is 0 Å². The van der Waals surface area contributed by atoms with Crippen molar-refractivity contribution in [1.29, 1.82) is 0 Å². The van der Waals surface area contributed by atoms with E-state index in [-0.39, 0.29) is 0 Å². The van der Waals surface area contributed by atoms with Crippen LogP contribution in [0.1, 0.15) is 40.4 Å². The number of aldehydes is 1. The molecule has 0 N–H and O–H groups in total. The van der Waals surface area contributed by atoms with Crippen LogP contribution in [0.2, 0.25) is 10.2 Å². The van der Waals surface area contributed by atoms with Gasteiger partial charge in [-0.3, -0.25) is 4.79 Å². The first-order valence-corrected chi connectivity index (χ1v) is 6.91. The lowest BCUT2D eigenvalue weighted by molar-refractivity contribution is 0.112. The fourth-order valence-electron chi connectivity index (χ4n) is 2.13. The summed E-state index contributed by atoms with van der Waals surface area (Å²) < 4.78 is 1.65. The first-order chi connectivity index (χ1) is 9.20. The normalized spacial score (nSPS) is 14.6. The number of carbonyl (C=O) groups is 1. The summed E-state index contributed by atoms with van der Waals surface area (Å²) in [6.07, 6.45) is 2.96. The molecule has 0 bridgehead atoms. The van der Waals surface area contributed by atoms with Gasteiger partial charge in [-0.25, -0.2) is 4.68 Å². The van der Waals surface area contributed by atoms with Gasteiger partial charge in [-0.05, 0) is 24.5 Å². The predicted octanol–water partition coefficient (Wildman–Crippen LogP) is 3.93. The molecule has 1 aliphatic carbocycles. The Hall–Kier alpha value is -1.32. The molecule has 2 aromatic rings. The van der Waals surface area contributed by atoms with Gasteiger partial charge in [0.15, 0.2) is 6.29 Å². The summed E-state index contributed by atoms with van der Waals surface area (Å²) in [6.45, 7) is 0.478. The van der Waals surface area contributed by atoms with Gasteiger partial charge < -0.3 is 0 Å². The molecule has 1 heterocycles. The van der Waals surface area contributed by atoms with Crippen LogP contribution in [0.15, 0.2) is 24.3 Å². The summed E-state index contributed by atoms with van der Waals surface area (Å²) in [5.74, 6) is 0.394. The third-order valence-electron chi connectivity index (χ3n) is 3.31. The molecule has 1 saturated carbocycles. The monoisotopic (exact) mass is 294 g/mol.